The Kier molecular flexibility index (Phi) is 8.95. The van der Waals surface area contributed by atoms with E-state index < -0.39 is 0 Å². The molecule has 0 aliphatic rings. The molecule has 0 bridgehead atoms. The molecule has 0 fully saturated rings. The van der Waals surface area contributed by atoms with Crippen LogP contribution in [0.5, 0.6) is 0 Å². The summed E-state index contributed by atoms with van der Waals surface area (Å²) in [6, 6.07) is 85.7. The van der Waals surface area contributed by atoms with Gasteiger partial charge in [0.2, 0.25) is 0 Å². The first-order chi connectivity index (χ1) is 28.3. The second kappa shape index (κ2) is 15.0. The minimum absolute atomic E-state index is 1.09. The highest BCUT2D eigenvalue weighted by Gasteiger charge is 2.21. The number of nitrogens with zero attached hydrogens (tertiary/aromatic N) is 1. The molecular formula is C56H39N. The van der Waals surface area contributed by atoms with Crippen molar-refractivity contribution >= 4 is 38.6 Å². The molecular weight excluding hydrogens is 687 g/mol. The van der Waals surface area contributed by atoms with Gasteiger partial charge >= 0.3 is 0 Å². The van der Waals surface area contributed by atoms with Crippen molar-refractivity contribution in [1.82, 2.24) is 0 Å². The molecule has 0 aliphatic heterocycles. The van der Waals surface area contributed by atoms with Gasteiger partial charge < -0.3 is 4.90 Å². The largest absolute Gasteiger partial charge is 0.310 e. The van der Waals surface area contributed by atoms with E-state index in [1.54, 1.807) is 0 Å². The van der Waals surface area contributed by atoms with Crippen LogP contribution in [-0.2, 0) is 0 Å². The molecule has 0 unspecified atom stereocenters. The lowest BCUT2D eigenvalue weighted by Crippen LogP contribution is -2.11. The van der Waals surface area contributed by atoms with Crippen molar-refractivity contribution in [3.05, 3.63) is 237 Å². The van der Waals surface area contributed by atoms with E-state index in [0.717, 1.165) is 22.6 Å². The van der Waals surface area contributed by atoms with E-state index in [0.29, 0.717) is 0 Å². The summed E-state index contributed by atoms with van der Waals surface area (Å²) in [5.41, 5.74) is 15.2. The molecule has 10 rings (SSSR count). The topological polar surface area (TPSA) is 3.24 Å². The average molecular weight is 726 g/mol. The third-order valence-electron chi connectivity index (χ3n) is 11.1. The molecule has 0 spiro atoms. The lowest BCUT2D eigenvalue weighted by molar-refractivity contribution is 1.28. The summed E-state index contributed by atoms with van der Waals surface area (Å²) in [6.07, 6.45) is 0. The summed E-state index contributed by atoms with van der Waals surface area (Å²) in [5, 5.41) is 5.03. The first-order valence-electron chi connectivity index (χ1n) is 19.6. The summed E-state index contributed by atoms with van der Waals surface area (Å²) in [5.74, 6) is 0. The van der Waals surface area contributed by atoms with Crippen LogP contribution < -0.4 is 4.90 Å². The predicted molar refractivity (Wildman–Crippen MR) is 243 cm³/mol. The summed E-state index contributed by atoms with van der Waals surface area (Å²) in [4.78, 5) is 2.43. The summed E-state index contributed by atoms with van der Waals surface area (Å²) in [6.45, 7) is 0. The number of para-hydroxylation sites is 1. The molecule has 57 heavy (non-hydrogen) atoms. The maximum Gasteiger partial charge on any atom is 0.0540 e. The molecule has 0 saturated carbocycles. The summed E-state index contributed by atoms with van der Waals surface area (Å²) in [7, 11) is 0. The summed E-state index contributed by atoms with van der Waals surface area (Å²) < 4.78 is 0. The molecule has 1 nitrogen and oxygen atoms in total. The van der Waals surface area contributed by atoms with Gasteiger partial charge in [-0.2, -0.15) is 0 Å². The monoisotopic (exact) mass is 725 g/mol. The van der Waals surface area contributed by atoms with Crippen molar-refractivity contribution in [2.45, 2.75) is 0 Å². The third-order valence-corrected chi connectivity index (χ3v) is 11.1. The number of anilines is 3. The van der Waals surface area contributed by atoms with Gasteiger partial charge in [0.25, 0.3) is 0 Å². The Hall–Kier alpha value is -7.48. The molecule has 10 aromatic rings. The number of fused-ring (bicyclic) bond motifs is 3. The van der Waals surface area contributed by atoms with Crippen LogP contribution in [0.15, 0.2) is 237 Å². The van der Waals surface area contributed by atoms with Gasteiger partial charge in [0, 0.05) is 16.9 Å². The molecule has 1 heteroatoms. The van der Waals surface area contributed by atoms with Crippen molar-refractivity contribution in [1.29, 1.82) is 0 Å². The second-order valence-electron chi connectivity index (χ2n) is 14.5. The highest BCUT2D eigenvalue weighted by atomic mass is 15.1. The van der Waals surface area contributed by atoms with E-state index in [4.69, 9.17) is 0 Å². The first-order valence-corrected chi connectivity index (χ1v) is 19.6. The third kappa shape index (κ3) is 6.56. The zero-order valence-corrected chi connectivity index (χ0v) is 31.5. The van der Waals surface area contributed by atoms with E-state index in [2.05, 4.69) is 241 Å². The molecule has 0 N–H and O–H groups in total. The Balaban J connectivity index is 1.18. The highest BCUT2D eigenvalue weighted by molar-refractivity contribution is 6.14. The Morgan fingerprint density at radius 1 is 0.228 bits per heavy atom. The molecule has 0 amide bonds. The van der Waals surface area contributed by atoms with Gasteiger partial charge in [-0.25, -0.2) is 0 Å². The van der Waals surface area contributed by atoms with E-state index in [1.165, 1.54) is 71.6 Å². The first kappa shape index (κ1) is 34.0. The van der Waals surface area contributed by atoms with Gasteiger partial charge in [-0.05, 0) is 114 Å². The SMILES string of the molecule is c1ccc(-c2ccc(N(c3cccc(-c4cc5ccccc5c5ccccc45)c3)c3ccccc3-c3ccc(-c4ccccc4)cc3-c3ccccc3)cc2)cc1. The van der Waals surface area contributed by atoms with Crippen molar-refractivity contribution in [2.75, 3.05) is 4.90 Å². The number of rotatable bonds is 8. The Morgan fingerprint density at radius 3 is 1.51 bits per heavy atom. The minimum Gasteiger partial charge on any atom is -0.310 e. The smallest absolute Gasteiger partial charge is 0.0540 e. The second-order valence-corrected chi connectivity index (χ2v) is 14.5. The molecule has 0 saturated heterocycles. The Labute approximate surface area is 334 Å². The molecule has 0 heterocycles. The van der Waals surface area contributed by atoms with Gasteiger partial charge in [0.05, 0.1) is 5.69 Å². The van der Waals surface area contributed by atoms with Crippen molar-refractivity contribution in [2.24, 2.45) is 0 Å². The fourth-order valence-corrected chi connectivity index (χ4v) is 8.31. The van der Waals surface area contributed by atoms with E-state index in [9.17, 15) is 0 Å². The molecule has 0 atom stereocenters. The number of hydrogen-bond acceptors (Lipinski definition) is 1. The van der Waals surface area contributed by atoms with Crippen LogP contribution >= 0.6 is 0 Å². The zero-order valence-electron chi connectivity index (χ0n) is 31.5. The van der Waals surface area contributed by atoms with Gasteiger partial charge in [-0.3, -0.25) is 0 Å². The van der Waals surface area contributed by atoms with Crippen LogP contribution in [0.2, 0.25) is 0 Å². The maximum atomic E-state index is 2.43. The predicted octanol–water partition coefficient (Wildman–Crippen LogP) is 15.8. The van der Waals surface area contributed by atoms with Crippen LogP contribution in [0, 0.1) is 0 Å². The fraction of sp³-hybridized carbons (Fsp3) is 0. The Bertz CT molecular complexity index is 2990. The molecule has 0 radical (unpaired) electrons. The van der Waals surface area contributed by atoms with E-state index >= 15 is 0 Å². The quantitative estimate of drug-likeness (QED) is 0.141. The van der Waals surface area contributed by atoms with E-state index in [-0.39, 0.29) is 0 Å². The van der Waals surface area contributed by atoms with Crippen LogP contribution in [0.3, 0.4) is 0 Å². The van der Waals surface area contributed by atoms with Crippen LogP contribution in [0.1, 0.15) is 0 Å². The van der Waals surface area contributed by atoms with Gasteiger partial charge in [-0.1, -0.05) is 194 Å². The van der Waals surface area contributed by atoms with Gasteiger partial charge in [0.15, 0.2) is 0 Å². The highest BCUT2D eigenvalue weighted by Crippen LogP contribution is 2.46. The number of benzene rings is 10. The normalized spacial score (nSPS) is 11.2. The number of hydrogen-bond donors (Lipinski definition) is 0. The molecule has 0 aromatic heterocycles. The van der Waals surface area contributed by atoms with Crippen LogP contribution in [0.4, 0.5) is 17.1 Å². The van der Waals surface area contributed by atoms with Gasteiger partial charge in [-0.15, -0.1) is 0 Å². The van der Waals surface area contributed by atoms with Crippen molar-refractivity contribution in [3.8, 4) is 55.6 Å². The van der Waals surface area contributed by atoms with Gasteiger partial charge in [0.1, 0.15) is 0 Å². The fourth-order valence-electron chi connectivity index (χ4n) is 8.31. The molecule has 0 aliphatic carbocycles. The minimum atomic E-state index is 1.09. The van der Waals surface area contributed by atoms with Crippen LogP contribution in [0.25, 0.3) is 77.2 Å². The lowest BCUT2D eigenvalue weighted by Gasteiger charge is -2.29. The average Bonchev–Trinajstić information content (AvgIpc) is 3.30. The van der Waals surface area contributed by atoms with E-state index in [1.807, 2.05) is 0 Å². The summed E-state index contributed by atoms with van der Waals surface area (Å²) >= 11 is 0. The lowest BCUT2D eigenvalue weighted by atomic mass is 9.90. The van der Waals surface area contributed by atoms with Crippen molar-refractivity contribution in [3.63, 3.8) is 0 Å². The molecule has 268 valence electrons. The molecule has 10 aromatic carbocycles. The Morgan fingerprint density at radius 2 is 0.772 bits per heavy atom. The van der Waals surface area contributed by atoms with Crippen molar-refractivity contribution < 1.29 is 0 Å². The zero-order chi connectivity index (χ0) is 38.0. The maximum absolute atomic E-state index is 2.43. The van der Waals surface area contributed by atoms with Crippen LogP contribution in [-0.4, -0.2) is 0 Å². The standard InChI is InChI=1S/C56H39N/c1-4-17-40(18-5-1)42-31-34-47(35-32-42)57(48-25-16-24-45(37-48)55-39-46-23-10-11-26-49(46)50-27-12-13-28-51(50)55)56-30-15-14-29-53(56)52-36-33-44(41-19-6-2-7-20-41)38-54(52)43-21-8-3-9-22-43/h1-39H.